The minimum Gasteiger partial charge on any atom is -0.312 e. The average molecular weight is 426 g/mol. The van der Waals surface area contributed by atoms with Gasteiger partial charge in [0.1, 0.15) is 0 Å². The lowest BCUT2D eigenvalue weighted by atomic mass is 10.00. The lowest BCUT2D eigenvalue weighted by Crippen LogP contribution is -2.33. The summed E-state index contributed by atoms with van der Waals surface area (Å²) in [5.74, 6) is 0.128. The zero-order chi connectivity index (χ0) is 20.0. The molecule has 0 bridgehead atoms. The molecular weight excluding hydrogens is 406 g/mol. The molecule has 0 atom stereocenters. The summed E-state index contributed by atoms with van der Waals surface area (Å²) in [5, 5.41) is 4.04. The first-order valence-corrected chi connectivity index (χ1v) is 11.9. The van der Waals surface area contributed by atoms with Crippen LogP contribution in [-0.4, -0.2) is 25.9 Å². The molecule has 5 rings (SSSR count). The number of rotatable bonds is 5. The van der Waals surface area contributed by atoms with Crippen LogP contribution in [0.2, 0.25) is 0 Å². The Kier molecular flexibility index (Phi) is 4.49. The fraction of sp³-hybridized carbons (Fsp3) is 0.238. The molecular formula is C21H19N3O3S2. The Hall–Kier alpha value is -2.55. The van der Waals surface area contributed by atoms with Crippen LogP contribution < -0.4 is 9.62 Å². The molecule has 0 fully saturated rings. The summed E-state index contributed by atoms with van der Waals surface area (Å²) >= 11 is 1.61. The van der Waals surface area contributed by atoms with Crippen LogP contribution in [0.4, 0.5) is 5.69 Å². The molecule has 6 nitrogen and oxygen atoms in total. The van der Waals surface area contributed by atoms with Gasteiger partial charge in [-0.2, -0.15) is 11.3 Å². The summed E-state index contributed by atoms with van der Waals surface area (Å²) in [6, 6.07) is 7.39. The van der Waals surface area contributed by atoms with Crippen LogP contribution in [0.3, 0.4) is 0 Å². The maximum absolute atomic E-state index is 12.9. The predicted octanol–water partition coefficient (Wildman–Crippen LogP) is 3.12. The van der Waals surface area contributed by atoms with E-state index in [2.05, 4.69) is 9.71 Å². The normalized spacial score (nSPS) is 15.6. The Bertz CT molecular complexity index is 1200. The number of nitrogens with zero attached hydrogens (tertiary/aromatic N) is 2. The van der Waals surface area contributed by atoms with E-state index in [-0.39, 0.29) is 17.3 Å². The number of hydrogen-bond acceptors (Lipinski definition) is 5. The fourth-order valence-corrected chi connectivity index (χ4v) is 5.80. The van der Waals surface area contributed by atoms with Gasteiger partial charge in [0, 0.05) is 37.5 Å². The monoisotopic (exact) mass is 425 g/mol. The average Bonchev–Trinajstić information content (AvgIpc) is 3.40. The molecule has 0 unspecified atom stereocenters. The van der Waals surface area contributed by atoms with Crippen LogP contribution in [-0.2, 0) is 34.2 Å². The molecule has 8 heteroatoms. The number of pyridine rings is 1. The van der Waals surface area contributed by atoms with E-state index < -0.39 is 10.0 Å². The minimum absolute atomic E-state index is 0.128. The Morgan fingerprint density at radius 3 is 2.69 bits per heavy atom. The highest BCUT2D eigenvalue weighted by Gasteiger charge is 2.32. The van der Waals surface area contributed by atoms with Crippen molar-refractivity contribution in [1.29, 1.82) is 0 Å². The fourth-order valence-electron chi connectivity index (χ4n) is 4.01. The number of anilines is 1. The maximum atomic E-state index is 12.9. The number of carbonyl (C=O) groups excluding carboxylic acids is 1. The number of aromatic nitrogens is 1. The van der Waals surface area contributed by atoms with Crippen molar-refractivity contribution in [2.45, 2.75) is 30.7 Å². The summed E-state index contributed by atoms with van der Waals surface area (Å²) in [6.07, 6.45) is 5.18. The summed E-state index contributed by atoms with van der Waals surface area (Å²) in [5.41, 5.74) is 5.65. The summed E-state index contributed by atoms with van der Waals surface area (Å²) in [7, 11) is -3.67. The third kappa shape index (κ3) is 3.37. The van der Waals surface area contributed by atoms with Crippen LogP contribution in [0.15, 0.2) is 52.3 Å². The van der Waals surface area contributed by atoms with Gasteiger partial charge < -0.3 is 4.90 Å². The molecule has 0 spiro atoms. The lowest BCUT2D eigenvalue weighted by molar-refractivity contribution is -0.118. The van der Waals surface area contributed by atoms with E-state index in [4.69, 9.17) is 0 Å². The van der Waals surface area contributed by atoms with E-state index in [1.807, 2.05) is 22.9 Å². The largest absolute Gasteiger partial charge is 0.312 e. The number of carbonyl (C=O) groups is 1. The third-order valence-corrected chi connectivity index (χ3v) is 7.52. The van der Waals surface area contributed by atoms with Gasteiger partial charge in [0.15, 0.2) is 0 Å². The Balaban J connectivity index is 1.39. The second-order valence-electron chi connectivity index (χ2n) is 7.30. The van der Waals surface area contributed by atoms with E-state index in [0.717, 1.165) is 33.5 Å². The summed E-state index contributed by atoms with van der Waals surface area (Å²) in [4.78, 5) is 18.4. The molecule has 2 aromatic heterocycles. The smallest absolute Gasteiger partial charge is 0.240 e. The van der Waals surface area contributed by atoms with Crippen molar-refractivity contribution < 1.29 is 13.2 Å². The standard InChI is InChI=1S/C21H19N3O3S2/c25-20-2-1-15-8-19(9-16-3-5-24(20)21(15)16)29(26,27)23-11-14-7-18(12-22-10-14)17-4-6-28-13-17/h4,6-10,12-13,23H,1-3,5,11H2. The van der Waals surface area contributed by atoms with Crippen LogP contribution >= 0.6 is 11.3 Å². The van der Waals surface area contributed by atoms with Gasteiger partial charge >= 0.3 is 0 Å². The van der Waals surface area contributed by atoms with Gasteiger partial charge in [0.25, 0.3) is 0 Å². The van der Waals surface area contributed by atoms with Gasteiger partial charge in [0.2, 0.25) is 15.9 Å². The first-order chi connectivity index (χ1) is 14.0. The maximum Gasteiger partial charge on any atom is 0.240 e. The molecule has 2 aliphatic rings. The highest BCUT2D eigenvalue weighted by Crippen LogP contribution is 2.38. The van der Waals surface area contributed by atoms with E-state index in [1.54, 1.807) is 40.8 Å². The SMILES string of the molecule is O=C1CCc2cc(S(=O)(=O)NCc3cncc(-c4ccsc4)c3)cc3c2N1CC3. The number of amides is 1. The number of nitrogens with one attached hydrogen (secondary N) is 1. The van der Waals surface area contributed by atoms with E-state index in [1.165, 1.54) is 0 Å². The van der Waals surface area contributed by atoms with Crippen molar-refractivity contribution in [3.63, 3.8) is 0 Å². The third-order valence-electron chi connectivity index (χ3n) is 5.45. The molecule has 1 aromatic carbocycles. The highest BCUT2D eigenvalue weighted by atomic mass is 32.2. The Morgan fingerprint density at radius 2 is 1.90 bits per heavy atom. The van der Waals surface area contributed by atoms with Crippen molar-refractivity contribution in [2.24, 2.45) is 0 Å². The molecule has 4 heterocycles. The van der Waals surface area contributed by atoms with E-state index >= 15 is 0 Å². The molecule has 0 aliphatic carbocycles. The highest BCUT2D eigenvalue weighted by molar-refractivity contribution is 7.89. The molecule has 0 saturated heterocycles. The molecule has 1 N–H and O–H groups in total. The lowest BCUT2D eigenvalue weighted by Gasteiger charge is -2.25. The van der Waals surface area contributed by atoms with E-state index in [9.17, 15) is 13.2 Å². The Morgan fingerprint density at radius 1 is 1.07 bits per heavy atom. The van der Waals surface area contributed by atoms with Gasteiger partial charge in [-0.15, -0.1) is 0 Å². The van der Waals surface area contributed by atoms with Gasteiger partial charge in [-0.25, -0.2) is 13.1 Å². The zero-order valence-electron chi connectivity index (χ0n) is 15.6. The van der Waals surface area contributed by atoms with Crippen molar-refractivity contribution in [3.05, 3.63) is 64.1 Å². The van der Waals surface area contributed by atoms with Gasteiger partial charge in [-0.3, -0.25) is 9.78 Å². The van der Waals surface area contributed by atoms with Crippen LogP contribution in [0.25, 0.3) is 11.1 Å². The number of aryl methyl sites for hydroxylation is 1. The first kappa shape index (κ1) is 18.5. The van der Waals surface area contributed by atoms with Gasteiger partial charge in [-0.1, -0.05) is 0 Å². The minimum atomic E-state index is -3.67. The van der Waals surface area contributed by atoms with Crippen molar-refractivity contribution >= 4 is 33.0 Å². The molecule has 148 valence electrons. The first-order valence-electron chi connectivity index (χ1n) is 9.43. The summed E-state index contributed by atoms with van der Waals surface area (Å²) < 4.78 is 28.6. The van der Waals surface area contributed by atoms with Gasteiger partial charge in [0.05, 0.1) is 10.6 Å². The number of benzene rings is 1. The molecule has 1 amide bonds. The van der Waals surface area contributed by atoms with E-state index in [0.29, 0.717) is 25.8 Å². The molecule has 2 aliphatic heterocycles. The molecule has 29 heavy (non-hydrogen) atoms. The molecule has 0 saturated carbocycles. The topological polar surface area (TPSA) is 79.4 Å². The second-order valence-corrected chi connectivity index (χ2v) is 9.85. The van der Waals surface area contributed by atoms with Crippen LogP contribution in [0, 0.1) is 0 Å². The Labute approximate surface area is 173 Å². The summed E-state index contributed by atoms with van der Waals surface area (Å²) in [6.45, 7) is 0.809. The number of sulfonamides is 1. The number of thiophene rings is 1. The zero-order valence-corrected chi connectivity index (χ0v) is 17.2. The van der Waals surface area contributed by atoms with Crippen molar-refractivity contribution in [1.82, 2.24) is 9.71 Å². The molecule has 3 aromatic rings. The molecule has 0 radical (unpaired) electrons. The van der Waals surface area contributed by atoms with Crippen LogP contribution in [0.5, 0.6) is 0 Å². The second kappa shape index (κ2) is 7.05. The van der Waals surface area contributed by atoms with Crippen molar-refractivity contribution in [2.75, 3.05) is 11.4 Å². The quantitative estimate of drug-likeness (QED) is 0.681. The van der Waals surface area contributed by atoms with Gasteiger partial charge in [-0.05, 0) is 70.1 Å². The van der Waals surface area contributed by atoms with Crippen LogP contribution in [0.1, 0.15) is 23.1 Å². The number of hydrogen-bond donors (Lipinski definition) is 1. The predicted molar refractivity (Wildman–Crippen MR) is 112 cm³/mol. The van der Waals surface area contributed by atoms with Crippen molar-refractivity contribution in [3.8, 4) is 11.1 Å².